The molecule has 0 aromatic heterocycles. The first-order valence-corrected chi connectivity index (χ1v) is 10.2. The Kier molecular flexibility index (Phi) is 4.33. The van der Waals surface area contributed by atoms with E-state index in [2.05, 4.69) is 29.2 Å². The lowest BCUT2D eigenvalue weighted by molar-refractivity contribution is 0.0498. The Morgan fingerprint density at radius 3 is 2.31 bits per heavy atom. The zero-order chi connectivity index (χ0) is 20.2. The molecule has 1 atom stereocenters. The molecule has 5 rings (SSSR count). The smallest absolute Gasteiger partial charge is 0.161 e. The van der Waals surface area contributed by atoms with Crippen molar-refractivity contribution in [3.63, 3.8) is 0 Å². The molecule has 3 aromatic rings. The van der Waals surface area contributed by atoms with Gasteiger partial charge in [0.25, 0.3) is 0 Å². The molecule has 0 bridgehead atoms. The van der Waals surface area contributed by atoms with Crippen molar-refractivity contribution in [1.82, 2.24) is 4.90 Å². The van der Waals surface area contributed by atoms with Gasteiger partial charge in [0.15, 0.2) is 11.5 Å². The number of nitrogens with zero attached hydrogens (tertiary/aromatic N) is 1. The van der Waals surface area contributed by atoms with Crippen LogP contribution in [-0.4, -0.2) is 50.0 Å². The van der Waals surface area contributed by atoms with Crippen molar-refractivity contribution in [2.75, 3.05) is 34.5 Å². The second-order valence-electron chi connectivity index (χ2n) is 8.21. The van der Waals surface area contributed by atoms with Crippen molar-refractivity contribution in [3.05, 3.63) is 41.5 Å². The molecule has 2 aliphatic rings. The fourth-order valence-corrected chi connectivity index (χ4v) is 5.39. The van der Waals surface area contributed by atoms with Crippen LogP contribution in [0.4, 0.5) is 0 Å². The molecule has 5 nitrogen and oxygen atoms in total. The van der Waals surface area contributed by atoms with Crippen molar-refractivity contribution in [3.8, 4) is 17.2 Å². The standard InChI is InChI=1S/C24H27NO4/c1-27-15-5-6-16-17(9-15)18-10-22(28-2)23(29-3)11-19(18)20-12-24(14-26)7-4-8-25(24)13-21(16)20/h5-6,9-11,26H,4,7-8,12-14H2,1-3H3/t24-/m0/s1. The van der Waals surface area contributed by atoms with Gasteiger partial charge in [-0.1, -0.05) is 6.07 Å². The van der Waals surface area contributed by atoms with Gasteiger partial charge in [0, 0.05) is 12.1 Å². The molecule has 0 aliphatic carbocycles. The predicted molar refractivity (Wildman–Crippen MR) is 114 cm³/mol. The molecule has 0 radical (unpaired) electrons. The van der Waals surface area contributed by atoms with Crippen molar-refractivity contribution >= 4 is 21.5 Å². The van der Waals surface area contributed by atoms with Crippen LogP contribution in [0.5, 0.6) is 17.2 Å². The van der Waals surface area contributed by atoms with Crippen molar-refractivity contribution < 1.29 is 19.3 Å². The van der Waals surface area contributed by atoms with Crippen LogP contribution in [0.2, 0.25) is 0 Å². The molecule has 5 heteroatoms. The number of hydrogen-bond acceptors (Lipinski definition) is 5. The summed E-state index contributed by atoms with van der Waals surface area (Å²) in [6, 6.07) is 10.5. The largest absolute Gasteiger partial charge is 0.497 e. The average Bonchev–Trinajstić information content (AvgIpc) is 3.20. The van der Waals surface area contributed by atoms with Crippen LogP contribution < -0.4 is 14.2 Å². The third-order valence-corrected chi connectivity index (χ3v) is 6.95. The van der Waals surface area contributed by atoms with E-state index >= 15 is 0 Å². The molecule has 1 saturated heterocycles. The second-order valence-corrected chi connectivity index (χ2v) is 8.21. The third-order valence-electron chi connectivity index (χ3n) is 6.95. The van der Waals surface area contributed by atoms with Gasteiger partial charge in [0.05, 0.1) is 27.9 Å². The fraction of sp³-hybridized carbons (Fsp3) is 0.417. The van der Waals surface area contributed by atoms with Crippen LogP contribution in [0.25, 0.3) is 21.5 Å². The summed E-state index contributed by atoms with van der Waals surface area (Å²) in [5.41, 5.74) is 2.53. The molecule has 152 valence electrons. The molecule has 2 aliphatic heterocycles. The highest BCUT2D eigenvalue weighted by molar-refractivity contribution is 6.12. The summed E-state index contributed by atoms with van der Waals surface area (Å²) in [5.74, 6) is 2.30. The minimum atomic E-state index is -0.146. The van der Waals surface area contributed by atoms with E-state index in [1.54, 1.807) is 21.3 Å². The van der Waals surface area contributed by atoms with Gasteiger partial charge in [-0.15, -0.1) is 0 Å². The molecule has 1 N–H and O–H groups in total. The van der Waals surface area contributed by atoms with Crippen LogP contribution in [0.3, 0.4) is 0 Å². The molecular formula is C24H27NO4. The Labute approximate surface area is 170 Å². The van der Waals surface area contributed by atoms with Crippen LogP contribution in [0.1, 0.15) is 24.0 Å². The highest BCUT2D eigenvalue weighted by Gasteiger charge is 2.44. The minimum absolute atomic E-state index is 0.146. The highest BCUT2D eigenvalue weighted by atomic mass is 16.5. The van der Waals surface area contributed by atoms with Crippen LogP contribution in [-0.2, 0) is 13.0 Å². The van der Waals surface area contributed by atoms with Gasteiger partial charge in [-0.2, -0.15) is 0 Å². The van der Waals surface area contributed by atoms with Crippen LogP contribution >= 0.6 is 0 Å². The van der Waals surface area contributed by atoms with Gasteiger partial charge >= 0.3 is 0 Å². The fourth-order valence-electron chi connectivity index (χ4n) is 5.39. The van der Waals surface area contributed by atoms with Crippen LogP contribution in [0.15, 0.2) is 30.3 Å². The van der Waals surface area contributed by atoms with Gasteiger partial charge in [0.1, 0.15) is 5.75 Å². The molecule has 3 aromatic carbocycles. The maximum Gasteiger partial charge on any atom is 0.161 e. The van der Waals surface area contributed by atoms with Crippen molar-refractivity contribution in [2.45, 2.75) is 31.3 Å². The van der Waals surface area contributed by atoms with Crippen LogP contribution in [0, 0.1) is 0 Å². The van der Waals surface area contributed by atoms with E-state index < -0.39 is 0 Å². The van der Waals surface area contributed by atoms with Gasteiger partial charge in [-0.3, -0.25) is 4.90 Å². The maximum atomic E-state index is 10.3. The molecule has 0 amide bonds. The first kappa shape index (κ1) is 18.5. The number of aliphatic hydroxyl groups is 1. The molecule has 1 fully saturated rings. The third kappa shape index (κ3) is 2.61. The zero-order valence-electron chi connectivity index (χ0n) is 17.2. The number of methoxy groups -OCH3 is 3. The van der Waals surface area contributed by atoms with E-state index in [-0.39, 0.29) is 12.1 Å². The SMILES string of the molecule is COc1ccc2c3c(c4cc(OC)c(OC)cc4c2c1)C[C@]1(CO)CCCN1C3. The summed E-state index contributed by atoms with van der Waals surface area (Å²) < 4.78 is 16.7. The van der Waals surface area contributed by atoms with Crippen molar-refractivity contribution in [2.24, 2.45) is 0 Å². The Bertz CT molecular complexity index is 1110. The summed E-state index contributed by atoms with van der Waals surface area (Å²) in [4.78, 5) is 2.48. The summed E-state index contributed by atoms with van der Waals surface area (Å²) in [6.07, 6.45) is 3.03. The summed E-state index contributed by atoms with van der Waals surface area (Å²) in [5, 5.41) is 15.0. The Morgan fingerprint density at radius 1 is 0.897 bits per heavy atom. The van der Waals surface area contributed by atoms with E-state index in [1.807, 2.05) is 6.07 Å². The number of hydrogen-bond donors (Lipinski definition) is 1. The lowest BCUT2D eigenvalue weighted by Gasteiger charge is -2.43. The van der Waals surface area contributed by atoms with E-state index in [1.165, 1.54) is 21.9 Å². The van der Waals surface area contributed by atoms with Gasteiger partial charge in [-0.25, -0.2) is 0 Å². The molecule has 0 spiro atoms. The zero-order valence-corrected chi connectivity index (χ0v) is 17.2. The summed E-state index contributed by atoms with van der Waals surface area (Å²) in [6.45, 7) is 2.10. The molecule has 29 heavy (non-hydrogen) atoms. The summed E-state index contributed by atoms with van der Waals surface area (Å²) >= 11 is 0. The van der Waals surface area contributed by atoms with E-state index in [9.17, 15) is 5.11 Å². The maximum absolute atomic E-state index is 10.3. The highest BCUT2D eigenvalue weighted by Crippen LogP contribution is 2.47. The summed E-state index contributed by atoms with van der Waals surface area (Å²) in [7, 11) is 5.04. The monoisotopic (exact) mass is 393 g/mol. The average molecular weight is 393 g/mol. The normalized spacial score (nSPS) is 21.2. The minimum Gasteiger partial charge on any atom is -0.497 e. The predicted octanol–water partition coefficient (Wildman–Crippen LogP) is 3.90. The van der Waals surface area contributed by atoms with Gasteiger partial charge < -0.3 is 19.3 Å². The number of benzene rings is 3. The Hall–Kier alpha value is -2.50. The second kappa shape index (κ2) is 6.78. The Balaban J connectivity index is 1.88. The van der Waals surface area contributed by atoms with E-state index in [0.717, 1.165) is 60.4 Å². The number of rotatable bonds is 4. The lowest BCUT2D eigenvalue weighted by Crippen LogP contribution is -2.51. The number of fused-ring (bicyclic) bond motifs is 7. The van der Waals surface area contributed by atoms with Gasteiger partial charge in [0.2, 0.25) is 0 Å². The number of aliphatic hydroxyl groups excluding tert-OH is 1. The Morgan fingerprint density at radius 2 is 1.62 bits per heavy atom. The molecule has 0 saturated carbocycles. The quantitative estimate of drug-likeness (QED) is 0.682. The van der Waals surface area contributed by atoms with E-state index in [0.29, 0.717) is 0 Å². The van der Waals surface area contributed by atoms with Gasteiger partial charge in [-0.05, 0) is 82.7 Å². The van der Waals surface area contributed by atoms with Crippen molar-refractivity contribution in [1.29, 1.82) is 0 Å². The van der Waals surface area contributed by atoms with E-state index in [4.69, 9.17) is 14.2 Å². The lowest BCUT2D eigenvalue weighted by atomic mass is 9.79. The topological polar surface area (TPSA) is 51.2 Å². The molecule has 2 heterocycles. The number of ether oxygens (including phenoxy) is 3. The first-order chi connectivity index (χ1) is 14.1. The molecular weight excluding hydrogens is 366 g/mol. The first-order valence-electron chi connectivity index (χ1n) is 10.2. The molecule has 0 unspecified atom stereocenters.